The number of hydrogen-bond donors (Lipinski definition) is 0. The third-order valence-corrected chi connectivity index (χ3v) is 2.94. The summed E-state index contributed by atoms with van der Waals surface area (Å²) in [4.78, 5) is 11.1. The molecule has 1 aromatic rings. The van der Waals surface area contributed by atoms with E-state index in [4.69, 9.17) is 9.47 Å². The van der Waals surface area contributed by atoms with Gasteiger partial charge in [0.1, 0.15) is 5.78 Å². The molecule has 0 radical (unpaired) electrons. The lowest BCUT2D eigenvalue weighted by Gasteiger charge is -2.11. The van der Waals surface area contributed by atoms with Crippen LogP contribution in [0.2, 0.25) is 0 Å². The molecule has 1 aliphatic carbocycles. The highest BCUT2D eigenvalue weighted by molar-refractivity contribution is 5.82. The largest absolute Gasteiger partial charge is 0.342 e. The second-order valence-corrected chi connectivity index (χ2v) is 4.04. The predicted molar refractivity (Wildman–Crippen MR) is 53.2 cm³/mol. The van der Waals surface area contributed by atoms with E-state index in [2.05, 4.69) is 0 Å². The minimum Gasteiger partial charge on any atom is -0.342 e. The molecule has 2 unspecified atom stereocenters. The monoisotopic (exact) mass is 204 g/mol. The fourth-order valence-corrected chi connectivity index (χ4v) is 2.18. The van der Waals surface area contributed by atoms with Crippen LogP contribution in [0.25, 0.3) is 0 Å². The molecule has 1 aliphatic heterocycles. The molecule has 15 heavy (non-hydrogen) atoms. The molecule has 0 spiro atoms. The van der Waals surface area contributed by atoms with Gasteiger partial charge in [-0.2, -0.15) is 0 Å². The lowest BCUT2D eigenvalue weighted by molar-refractivity contribution is -0.124. The van der Waals surface area contributed by atoms with Crippen molar-refractivity contribution in [1.29, 1.82) is 0 Å². The first kappa shape index (κ1) is 9.07. The summed E-state index contributed by atoms with van der Waals surface area (Å²) < 4.78 is 11.4. The van der Waals surface area contributed by atoms with E-state index in [1.165, 1.54) is 0 Å². The van der Waals surface area contributed by atoms with Crippen LogP contribution >= 0.6 is 0 Å². The van der Waals surface area contributed by atoms with Crippen molar-refractivity contribution in [3.8, 4) is 0 Å². The van der Waals surface area contributed by atoms with Crippen molar-refractivity contribution in [1.82, 2.24) is 0 Å². The van der Waals surface area contributed by atoms with E-state index in [9.17, 15) is 4.79 Å². The smallest absolute Gasteiger partial charge is 0.184 e. The fraction of sp³-hybridized carbons (Fsp3) is 0.417. The molecule has 3 nitrogen and oxygen atoms in total. The average Bonchev–Trinajstić information content (AvgIpc) is 2.76. The zero-order valence-electron chi connectivity index (χ0n) is 8.26. The van der Waals surface area contributed by atoms with Crippen molar-refractivity contribution in [2.75, 3.05) is 0 Å². The topological polar surface area (TPSA) is 35.5 Å². The minimum atomic E-state index is -0.283. The molecule has 0 bridgehead atoms. The Morgan fingerprint density at radius 3 is 2.20 bits per heavy atom. The van der Waals surface area contributed by atoms with Gasteiger partial charge in [-0.1, -0.05) is 30.3 Å². The summed E-state index contributed by atoms with van der Waals surface area (Å²) in [7, 11) is 0. The van der Waals surface area contributed by atoms with Crippen LogP contribution in [0.5, 0.6) is 0 Å². The number of hydrogen-bond acceptors (Lipinski definition) is 3. The van der Waals surface area contributed by atoms with E-state index in [-0.39, 0.29) is 24.3 Å². The standard InChI is InChI=1S/C12H12O3/c13-9-6-10-11(7-9)15-12(14-10)8-4-2-1-3-5-8/h1-5,10-12H,6-7H2/t10-,11?,12?/m0/s1. The molecule has 2 fully saturated rings. The molecule has 1 saturated carbocycles. The van der Waals surface area contributed by atoms with Crippen molar-refractivity contribution in [2.24, 2.45) is 0 Å². The van der Waals surface area contributed by atoms with Crippen molar-refractivity contribution in [2.45, 2.75) is 31.3 Å². The molecule has 1 heterocycles. The first-order chi connectivity index (χ1) is 7.33. The van der Waals surface area contributed by atoms with Crippen molar-refractivity contribution >= 4 is 5.78 Å². The molecule has 78 valence electrons. The molecular formula is C12H12O3. The Hall–Kier alpha value is -1.19. The van der Waals surface area contributed by atoms with Gasteiger partial charge in [-0.05, 0) is 0 Å². The summed E-state index contributed by atoms with van der Waals surface area (Å²) in [5, 5.41) is 0. The maximum absolute atomic E-state index is 11.1. The van der Waals surface area contributed by atoms with Crippen LogP contribution in [-0.2, 0) is 14.3 Å². The number of Topliss-reactive ketones (excluding diaryl/α,β-unsaturated/α-hetero) is 1. The summed E-state index contributed by atoms with van der Waals surface area (Å²) in [5.41, 5.74) is 1.03. The molecule has 1 aromatic carbocycles. The van der Waals surface area contributed by atoms with E-state index in [1.54, 1.807) is 0 Å². The zero-order chi connectivity index (χ0) is 10.3. The highest BCUT2D eigenvalue weighted by atomic mass is 16.7. The molecule has 2 aliphatic rings. The Morgan fingerprint density at radius 1 is 1.00 bits per heavy atom. The molecule has 3 rings (SSSR count). The second-order valence-electron chi connectivity index (χ2n) is 4.04. The number of carbonyl (C=O) groups excluding carboxylic acids is 1. The molecule has 3 heteroatoms. The Kier molecular flexibility index (Phi) is 2.08. The summed E-state index contributed by atoms with van der Waals surface area (Å²) in [5.74, 6) is 0.247. The Bertz CT molecular complexity index is 358. The summed E-state index contributed by atoms with van der Waals surface area (Å²) >= 11 is 0. The number of carbonyl (C=O) groups is 1. The van der Waals surface area contributed by atoms with E-state index >= 15 is 0 Å². The molecular weight excluding hydrogens is 192 g/mol. The van der Waals surface area contributed by atoms with Crippen LogP contribution in [0, 0.1) is 0 Å². The first-order valence-corrected chi connectivity index (χ1v) is 5.20. The van der Waals surface area contributed by atoms with Gasteiger partial charge >= 0.3 is 0 Å². The molecule has 0 aromatic heterocycles. The average molecular weight is 204 g/mol. The van der Waals surface area contributed by atoms with Crippen LogP contribution in [0.3, 0.4) is 0 Å². The van der Waals surface area contributed by atoms with Gasteiger partial charge in [-0.3, -0.25) is 4.79 Å². The van der Waals surface area contributed by atoms with Crippen molar-refractivity contribution < 1.29 is 14.3 Å². The van der Waals surface area contributed by atoms with Crippen LogP contribution in [0.1, 0.15) is 24.7 Å². The Balaban J connectivity index is 1.76. The van der Waals surface area contributed by atoms with Gasteiger partial charge in [0.2, 0.25) is 0 Å². The Morgan fingerprint density at radius 2 is 1.60 bits per heavy atom. The maximum Gasteiger partial charge on any atom is 0.184 e. The van der Waals surface area contributed by atoms with Gasteiger partial charge in [-0.15, -0.1) is 0 Å². The van der Waals surface area contributed by atoms with Crippen LogP contribution in [-0.4, -0.2) is 18.0 Å². The fourth-order valence-electron chi connectivity index (χ4n) is 2.18. The van der Waals surface area contributed by atoms with Gasteiger partial charge < -0.3 is 9.47 Å². The highest BCUT2D eigenvalue weighted by Gasteiger charge is 2.43. The van der Waals surface area contributed by atoms with Crippen LogP contribution in [0.4, 0.5) is 0 Å². The number of fused-ring (bicyclic) bond motifs is 1. The number of benzene rings is 1. The predicted octanol–water partition coefficient (Wildman–Crippen LogP) is 1.83. The minimum absolute atomic E-state index is 0.0253. The first-order valence-electron chi connectivity index (χ1n) is 5.20. The third kappa shape index (κ3) is 1.58. The van der Waals surface area contributed by atoms with E-state index in [0.29, 0.717) is 12.8 Å². The lowest BCUT2D eigenvalue weighted by atomic mass is 10.2. The molecule has 1 saturated heterocycles. The third-order valence-electron chi connectivity index (χ3n) is 2.94. The maximum atomic E-state index is 11.1. The normalized spacial score (nSPS) is 34.4. The van der Waals surface area contributed by atoms with Gasteiger partial charge in [0.25, 0.3) is 0 Å². The van der Waals surface area contributed by atoms with Crippen molar-refractivity contribution in [3.05, 3.63) is 35.9 Å². The van der Waals surface area contributed by atoms with E-state index in [0.717, 1.165) is 5.56 Å². The molecule has 0 amide bonds. The lowest BCUT2D eigenvalue weighted by Crippen LogP contribution is -2.13. The molecule has 3 atom stereocenters. The summed E-state index contributed by atoms with van der Waals surface area (Å²) in [6, 6.07) is 9.84. The van der Waals surface area contributed by atoms with E-state index in [1.807, 2.05) is 30.3 Å². The number of ether oxygens (including phenoxy) is 2. The zero-order valence-corrected chi connectivity index (χ0v) is 8.26. The number of rotatable bonds is 1. The van der Waals surface area contributed by atoms with Gasteiger partial charge in [0.15, 0.2) is 6.29 Å². The van der Waals surface area contributed by atoms with Gasteiger partial charge in [-0.25, -0.2) is 0 Å². The number of ketones is 1. The second kappa shape index (κ2) is 3.43. The molecule has 0 N–H and O–H groups in total. The highest BCUT2D eigenvalue weighted by Crippen LogP contribution is 2.37. The van der Waals surface area contributed by atoms with Crippen LogP contribution in [0.15, 0.2) is 30.3 Å². The summed E-state index contributed by atoms with van der Waals surface area (Å²) in [6.07, 6.45) is 0.682. The van der Waals surface area contributed by atoms with Crippen molar-refractivity contribution in [3.63, 3.8) is 0 Å². The van der Waals surface area contributed by atoms with Gasteiger partial charge in [0.05, 0.1) is 12.2 Å². The van der Waals surface area contributed by atoms with E-state index < -0.39 is 0 Å². The Labute approximate surface area is 88.0 Å². The van der Waals surface area contributed by atoms with Gasteiger partial charge in [0, 0.05) is 18.4 Å². The summed E-state index contributed by atoms with van der Waals surface area (Å²) in [6.45, 7) is 0. The van der Waals surface area contributed by atoms with Crippen LogP contribution < -0.4 is 0 Å². The SMILES string of the molecule is O=C1CC2OC(c3ccccc3)O[C@H]2C1. The quantitative estimate of drug-likeness (QED) is 0.700.